The maximum absolute atomic E-state index is 2.36. The Labute approximate surface area is 165 Å². The molecule has 5 aromatic rings. The molecule has 5 rings (SSSR count). The predicted molar refractivity (Wildman–Crippen MR) is 118 cm³/mol. The van der Waals surface area contributed by atoms with E-state index >= 15 is 0 Å². The van der Waals surface area contributed by atoms with Gasteiger partial charge in [0.25, 0.3) is 5.65 Å². The van der Waals surface area contributed by atoms with Crippen molar-refractivity contribution in [3.05, 3.63) is 72.4 Å². The van der Waals surface area contributed by atoms with Crippen LogP contribution in [0.15, 0.2) is 66.9 Å². The number of pyridine rings is 2. The highest BCUT2D eigenvalue weighted by Crippen LogP contribution is 2.24. The number of unbranched alkanes of at least 4 members (excludes halogenated alkanes) is 1. The van der Waals surface area contributed by atoms with Crippen molar-refractivity contribution >= 4 is 38.7 Å². The first-order valence-corrected chi connectivity index (χ1v) is 10.2. The monoisotopic (exact) mass is 368 g/mol. The summed E-state index contributed by atoms with van der Waals surface area (Å²) in [5, 5.41) is 2.55. The highest BCUT2D eigenvalue weighted by Gasteiger charge is 2.17. The molecule has 2 aromatic carbocycles. The molecule has 0 spiro atoms. The summed E-state index contributed by atoms with van der Waals surface area (Å²) in [4.78, 5) is 2.35. The minimum absolute atomic E-state index is 1.10. The Hall–Kier alpha value is -3.07. The van der Waals surface area contributed by atoms with Crippen molar-refractivity contribution in [2.24, 2.45) is 0 Å². The van der Waals surface area contributed by atoms with E-state index in [0.29, 0.717) is 0 Å². The number of anilines is 1. The molecule has 0 amide bonds. The molecule has 3 aromatic heterocycles. The molecule has 0 aliphatic carbocycles. The molecule has 0 fully saturated rings. The first-order valence-electron chi connectivity index (χ1n) is 10.2. The molecule has 0 saturated heterocycles. The standard InChI is InChI=1S/C25H26N3/c1-4-5-14-26(3)21-10-12-23-20(16-21)8-13-25-27(23)17-22-9-7-19-15-18(2)6-11-24(19)28(22)25/h6-13,15-17H,4-5,14H2,1-3H3/q+1. The van der Waals surface area contributed by atoms with Crippen LogP contribution in [0, 0.1) is 6.92 Å². The van der Waals surface area contributed by atoms with E-state index in [4.69, 9.17) is 0 Å². The zero-order valence-corrected chi connectivity index (χ0v) is 16.8. The number of benzene rings is 2. The fraction of sp³-hybridized carbons (Fsp3) is 0.240. The van der Waals surface area contributed by atoms with E-state index in [0.717, 1.165) is 6.54 Å². The Balaban J connectivity index is 1.73. The third kappa shape index (κ3) is 2.62. The zero-order valence-electron chi connectivity index (χ0n) is 16.8. The molecule has 0 aliphatic heterocycles. The van der Waals surface area contributed by atoms with Gasteiger partial charge in [-0.05, 0) is 61.9 Å². The molecule has 0 N–H and O–H groups in total. The first-order chi connectivity index (χ1) is 13.7. The minimum atomic E-state index is 1.10. The van der Waals surface area contributed by atoms with Gasteiger partial charge < -0.3 is 4.90 Å². The van der Waals surface area contributed by atoms with E-state index in [2.05, 4.69) is 101 Å². The van der Waals surface area contributed by atoms with Gasteiger partial charge in [0.05, 0.1) is 0 Å². The molecule has 28 heavy (non-hydrogen) atoms. The quantitative estimate of drug-likeness (QED) is 0.380. The minimum Gasteiger partial charge on any atom is -0.375 e. The molecule has 3 nitrogen and oxygen atoms in total. The van der Waals surface area contributed by atoms with Crippen LogP contribution in [-0.2, 0) is 0 Å². The van der Waals surface area contributed by atoms with E-state index in [9.17, 15) is 0 Å². The molecule has 0 radical (unpaired) electrons. The van der Waals surface area contributed by atoms with Crippen LogP contribution >= 0.6 is 0 Å². The van der Waals surface area contributed by atoms with Crippen LogP contribution in [0.4, 0.5) is 5.69 Å². The second-order valence-electron chi connectivity index (χ2n) is 7.86. The van der Waals surface area contributed by atoms with Crippen LogP contribution in [0.2, 0.25) is 0 Å². The molecule has 3 heteroatoms. The second kappa shape index (κ2) is 6.52. The highest BCUT2D eigenvalue weighted by molar-refractivity contribution is 5.86. The third-order valence-electron chi connectivity index (χ3n) is 5.82. The average Bonchev–Trinajstić information content (AvgIpc) is 3.10. The van der Waals surface area contributed by atoms with Crippen molar-refractivity contribution in [2.45, 2.75) is 26.7 Å². The van der Waals surface area contributed by atoms with Crippen LogP contribution in [-0.4, -0.2) is 18.0 Å². The van der Waals surface area contributed by atoms with E-state index < -0.39 is 0 Å². The number of nitrogens with zero attached hydrogens (tertiary/aromatic N) is 3. The summed E-state index contributed by atoms with van der Waals surface area (Å²) in [6.45, 7) is 5.48. The lowest BCUT2D eigenvalue weighted by Gasteiger charge is -2.19. The molecule has 0 aliphatic rings. The van der Waals surface area contributed by atoms with Gasteiger partial charge in [-0.1, -0.05) is 25.0 Å². The van der Waals surface area contributed by atoms with Crippen LogP contribution in [0.3, 0.4) is 0 Å². The second-order valence-corrected chi connectivity index (χ2v) is 7.86. The summed E-state index contributed by atoms with van der Waals surface area (Å²) < 4.78 is 4.68. The van der Waals surface area contributed by atoms with Gasteiger partial charge in [0.2, 0.25) is 0 Å². The molecule has 0 saturated carbocycles. The Morgan fingerprint density at radius 1 is 0.929 bits per heavy atom. The number of imidazole rings is 1. The van der Waals surface area contributed by atoms with Gasteiger partial charge >= 0.3 is 0 Å². The third-order valence-corrected chi connectivity index (χ3v) is 5.82. The number of fused-ring (bicyclic) bond motifs is 7. The number of hydrogen-bond donors (Lipinski definition) is 0. The van der Waals surface area contributed by atoms with Crippen LogP contribution < -0.4 is 9.30 Å². The van der Waals surface area contributed by atoms with E-state index in [-0.39, 0.29) is 0 Å². The fourth-order valence-electron chi connectivity index (χ4n) is 4.23. The summed E-state index contributed by atoms with van der Waals surface area (Å²) in [5.74, 6) is 0. The van der Waals surface area contributed by atoms with Crippen LogP contribution in [0.1, 0.15) is 25.3 Å². The normalized spacial score (nSPS) is 11.8. The lowest BCUT2D eigenvalue weighted by atomic mass is 10.1. The lowest BCUT2D eigenvalue weighted by Crippen LogP contribution is -2.21. The topological polar surface area (TPSA) is 11.8 Å². The van der Waals surface area contributed by atoms with Crippen molar-refractivity contribution in [3.63, 3.8) is 0 Å². The van der Waals surface area contributed by atoms with E-state index in [1.54, 1.807) is 0 Å². The van der Waals surface area contributed by atoms with Crippen LogP contribution in [0.5, 0.6) is 0 Å². The van der Waals surface area contributed by atoms with Gasteiger partial charge in [-0.15, -0.1) is 0 Å². The van der Waals surface area contributed by atoms with Crippen LogP contribution in [0.25, 0.3) is 33.0 Å². The van der Waals surface area contributed by atoms with E-state index in [1.807, 2.05) is 0 Å². The Kier molecular flexibility index (Phi) is 3.97. The van der Waals surface area contributed by atoms with E-state index in [1.165, 1.54) is 57.1 Å². The number of rotatable bonds is 4. The maximum atomic E-state index is 2.36. The molecule has 0 atom stereocenters. The number of aromatic nitrogens is 2. The van der Waals surface area contributed by atoms with Crippen molar-refractivity contribution in [1.29, 1.82) is 0 Å². The van der Waals surface area contributed by atoms with Crippen molar-refractivity contribution in [3.8, 4) is 0 Å². The van der Waals surface area contributed by atoms with Crippen molar-refractivity contribution in [2.75, 3.05) is 18.5 Å². The summed E-state index contributed by atoms with van der Waals surface area (Å²) in [7, 11) is 2.18. The van der Waals surface area contributed by atoms with Crippen molar-refractivity contribution < 1.29 is 4.40 Å². The molecule has 140 valence electrons. The predicted octanol–water partition coefficient (Wildman–Crippen LogP) is 5.53. The first kappa shape index (κ1) is 17.1. The molecule has 3 heterocycles. The Bertz CT molecular complexity index is 1330. The lowest BCUT2D eigenvalue weighted by molar-refractivity contribution is -0.479. The van der Waals surface area contributed by atoms with Gasteiger partial charge in [0.1, 0.15) is 17.2 Å². The maximum Gasteiger partial charge on any atom is 0.292 e. The molecule has 0 bridgehead atoms. The van der Waals surface area contributed by atoms with Gasteiger partial charge in [-0.3, -0.25) is 0 Å². The summed E-state index contributed by atoms with van der Waals surface area (Å²) in [5.41, 5.74) is 7.48. The largest absolute Gasteiger partial charge is 0.375 e. The number of aryl methyl sites for hydroxylation is 1. The van der Waals surface area contributed by atoms with Gasteiger partial charge in [-0.25, -0.2) is 0 Å². The average molecular weight is 369 g/mol. The fourth-order valence-corrected chi connectivity index (χ4v) is 4.23. The van der Waals surface area contributed by atoms with Gasteiger partial charge in [-0.2, -0.15) is 8.80 Å². The highest BCUT2D eigenvalue weighted by atomic mass is 15.1. The Morgan fingerprint density at radius 2 is 1.79 bits per heavy atom. The SMILES string of the molecule is CCCCN(C)c1ccc2c(ccc3n4c(ccc5cc(C)ccc54)c[n+]23)c1. The summed E-state index contributed by atoms with van der Waals surface area (Å²) in [6.07, 6.45) is 4.69. The summed E-state index contributed by atoms with van der Waals surface area (Å²) >= 11 is 0. The van der Waals surface area contributed by atoms with Crippen molar-refractivity contribution in [1.82, 2.24) is 4.40 Å². The summed E-state index contributed by atoms with van der Waals surface area (Å²) in [6, 6.07) is 22.4. The number of hydrogen-bond acceptors (Lipinski definition) is 1. The molecular weight excluding hydrogens is 342 g/mol. The molecular formula is C25H26N3+. The van der Waals surface area contributed by atoms with Gasteiger partial charge in [0.15, 0.2) is 5.52 Å². The van der Waals surface area contributed by atoms with Gasteiger partial charge in [0, 0.05) is 36.1 Å². The molecule has 0 unspecified atom stereocenters. The smallest absolute Gasteiger partial charge is 0.292 e. The Morgan fingerprint density at radius 3 is 2.64 bits per heavy atom. The zero-order chi connectivity index (χ0) is 19.3.